The highest BCUT2D eigenvalue weighted by Crippen LogP contribution is 2.19. The van der Waals surface area contributed by atoms with Crippen LogP contribution in [-0.4, -0.2) is 32.7 Å². The Labute approximate surface area is 76.5 Å². The summed E-state index contributed by atoms with van der Waals surface area (Å²) in [6, 6.07) is 0. The molecule has 0 aromatic heterocycles. The minimum atomic E-state index is -1.51. The second-order valence-electron chi connectivity index (χ2n) is 2.36. The maximum Gasteiger partial charge on any atom is 0.421 e. The molecular weight excluding hydrogens is 230 g/mol. The number of likely N-dealkylation sites (tertiary alicyclic amines) is 1. The van der Waals surface area contributed by atoms with E-state index in [2.05, 4.69) is 15.9 Å². The zero-order valence-electron chi connectivity index (χ0n) is 5.99. The van der Waals surface area contributed by atoms with Crippen LogP contribution in [0.2, 0.25) is 0 Å². The van der Waals surface area contributed by atoms with E-state index in [1.54, 1.807) is 0 Å². The van der Waals surface area contributed by atoms with Gasteiger partial charge in [-0.15, -0.1) is 0 Å². The molecule has 66 valence electrons. The van der Waals surface area contributed by atoms with Crippen molar-refractivity contribution in [1.82, 2.24) is 4.90 Å². The molecule has 0 bridgehead atoms. The van der Waals surface area contributed by atoms with Gasteiger partial charge in [-0.3, -0.25) is 9.59 Å². The van der Waals surface area contributed by atoms with Crippen LogP contribution in [0.4, 0.5) is 4.79 Å². The molecular formula is C6H6BrNO4. The lowest BCUT2D eigenvalue weighted by atomic mass is 10.1. The highest BCUT2D eigenvalue weighted by Gasteiger charge is 2.36. The summed E-state index contributed by atoms with van der Waals surface area (Å²) >= 11 is 2.98. The molecule has 0 spiro atoms. The van der Waals surface area contributed by atoms with Crippen LogP contribution in [0.1, 0.15) is 12.8 Å². The Morgan fingerprint density at radius 2 is 2.17 bits per heavy atom. The molecule has 6 heteroatoms. The predicted octanol–water partition coefficient (Wildman–Crippen LogP) is 0.577. The molecule has 12 heavy (non-hydrogen) atoms. The SMILES string of the molecule is O=C(O)N1C(=O)CCC(Br)C1=O. The quantitative estimate of drug-likeness (QED) is 0.493. The van der Waals surface area contributed by atoms with Crippen LogP contribution >= 0.6 is 15.9 Å². The van der Waals surface area contributed by atoms with Crippen molar-refractivity contribution in [2.24, 2.45) is 0 Å². The molecule has 1 aliphatic rings. The summed E-state index contributed by atoms with van der Waals surface area (Å²) in [4.78, 5) is 32.0. The number of carboxylic acid groups (broad SMARTS) is 1. The van der Waals surface area contributed by atoms with Gasteiger partial charge >= 0.3 is 6.09 Å². The number of imide groups is 3. The number of carbonyl (C=O) groups excluding carboxylic acids is 2. The molecule has 0 aliphatic carbocycles. The Kier molecular flexibility index (Phi) is 2.46. The molecule has 1 fully saturated rings. The van der Waals surface area contributed by atoms with Gasteiger partial charge in [-0.05, 0) is 6.42 Å². The summed E-state index contributed by atoms with van der Waals surface area (Å²) in [6.07, 6.45) is -1.05. The highest BCUT2D eigenvalue weighted by molar-refractivity contribution is 9.10. The normalized spacial score (nSPS) is 24.4. The third kappa shape index (κ3) is 1.47. The summed E-state index contributed by atoms with van der Waals surface area (Å²) in [5.74, 6) is -1.35. The fraction of sp³-hybridized carbons (Fsp3) is 0.500. The van der Waals surface area contributed by atoms with Crippen molar-refractivity contribution in [3.05, 3.63) is 0 Å². The molecule has 1 heterocycles. The number of nitrogens with zero attached hydrogens (tertiary/aromatic N) is 1. The average molecular weight is 236 g/mol. The summed E-state index contributed by atoms with van der Waals surface area (Å²) in [7, 11) is 0. The number of alkyl halides is 1. The third-order valence-corrected chi connectivity index (χ3v) is 2.39. The Morgan fingerprint density at radius 3 is 2.58 bits per heavy atom. The molecule has 1 saturated heterocycles. The number of carbonyl (C=O) groups is 3. The van der Waals surface area contributed by atoms with Crippen LogP contribution in [0.25, 0.3) is 0 Å². The Balaban J connectivity index is 2.86. The van der Waals surface area contributed by atoms with Gasteiger partial charge in [0, 0.05) is 6.42 Å². The first-order valence-corrected chi connectivity index (χ1v) is 4.19. The highest BCUT2D eigenvalue weighted by atomic mass is 79.9. The van der Waals surface area contributed by atoms with Gasteiger partial charge in [-0.25, -0.2) is 4.79 Å². The topological polar surface area (TPSA) is 74.7 Å². The van der Waals surface area contributed by atoms with Crippen LogP contribution in [0.3, 0.4) is 0 Å². The molecule has 1 rings (SSSR count). The van der Waals surface area contributed by atoms with E-state index in [9.17, 15) is 14.4 Å². The fourth-order valence-corrected chi connectivity index (χ4v) is 1.38. The molecule has 3 amide bonds. The van der Waals surface area contributed by atoms with Gasteiger partial charge in [-0.2, -0.15) is 4.90 Å². The van der Waals surface area contributed by atoms with Crippen molar-refractivity contribution in [3.63, 3.8) is 0 Å². The molecule has 5 nitrogen and oxygen atoms in total. The van der Waals surface area contributed by atoms with Crippen molar-refractivity contribution < 1.29 is 19.5 Å². The van der Waals surface area contributed by atoms with E-state index in [4.69, 9.17) is 5.11 Å². The lowest BCUT2D eigenvalue weighted by Crippen LogP contribution is -2.48. The van der Waals surface area contributed by atoms with Gasteiger partial charge in [0.1, 0.15) is 0 Å². The predicted molar refractivity (Wildman–Crippen MR) is 41.8 cm³/mol. The Hall–Kier alpha value is -0.910. The zero-order chi connectivity index (χ0) is 9.30. The second-order valence-corrected chi connectivity index (χ2v) is 3.46. The maximum absolute atomic E-state index is 11.1. The van der Waals surface area contributed by atoms with E-state index in [1.807, 2.05) is 0 Å². The molecule has 0 saturated carbocycles. The van der Waals surface area contributed by atoms with Crippen molar-refractivity contribution in [3.8, 4) is 0 Å². The number of rotatable bonds is 0. The van der Waals surface area contributed by atoms with Crippen molar-refractivity contribution >= 4 is 33.8 Å². The van der Waals surface area contributed by atoms with Gasteiger partial charge in [0.2, 0.25) is 5.91 Å². The molecule has 0 radical (unpaired) electrons. The van der Waals surface area contributed by atoms with Crippen LogP contribution < -0.4 is 0 Å². The molecule has 1 aliphatic heterocycles. The van der Waals surface area contributed by atoms with E-state index in [1.165, 1.54) is 0 Å². The van der Waals surface area contributed by atoms with E-state index < -0.39 is 22.7 Å². The minimum absolute atomic E-state index is 0.0912. The monoisotopic (exact) mass is 235 g/mol. The summed E-state index contributed by atoms with van der Waals surface area (Å²) in [5.41, 5.74) is 0. The zero-order valence-corrected chi connectivity index (χ0v) is 7.57. The summed E-state index contributed by atoms with van der Waals surface area (Å²) in [6.45, 7) is 0. The number of halogens is 1. The van der Waals surface area contributed by atoms with E-state index in [-0.39, 0.29) is 11.3 Å². The van der Waals surface area contributed by atoms with Gasteiger partial charge in [0.15, 0.2) is 0 Å². The van der Waals surface area contributed by atoms with Crippen molar-refractivity contribution in [1.29, 1.82) is 0 Å². The number of amides is 3. The van der Waals surface area contributed by atoms with E-state index >= 15 is 0 Å². The molecule has 1 unspecified atom stereocenters. The smallest absolute Gasteiger partial charge is 0.421 e. The summed E-state index contributed by atoms with van der Waals surface area (Å²) < 4.78 is 0. The lowest BCUT2D eigenvalue weighted by Gasteiger charge is -2.23. The molecule has 0 aromatic rings. The largest absolute Gasteiger partial charge is 0.464 e. The number of hydrogen-bond acceptors (Lipinski definition) is 3. The molecule has 1 N–H and O–H groups in total. The van der Waals surface area contributed by atoms with Crippen LogP contribution in [0.15, 0.2) is 0 Å². The van der Waals surface area contributed by atoms with Gasteiger partial charge < -0.3 is 5.11 Å². The molecule has 0 aromatic carbocycles. The first-order valence-electron chi connectivity index (χ1n) is 3.28. The number of hydrogen-bond donors (Lipinski definition) is 1. The Morgan fingerprint density at radius 1 is 1.58 bits per heavy atom. The van der Waals surface area contributed by atoms with E-state index in [0.717, 1.165) is 0 Å². The lowest BCUT2D eigenvalue weighted by molar-refractivity contribution is -0.144. The van der Waals surface area contributed by atoms with Gasteiger partial charge in [0.05, 0.1) is 4.83 Å². The third-order valence-electron chi connectivity index (χ3n) is 1.54. The Bertz CT molecular complexity index is 252. The van der Waals surface area contributed by atoms with Crippen LogP contribution in [0, 0.1) is 0 Å². The van der Waals surface area contributed by atoms with Crippen molar-refractivity contribution in [2.45, 2.75) is 17.7 Å². The van der Waals surface area contributed by atoms with Gasteiger partial charge in [-0.1, -0.05) is 15.9 Å². The van der Waals surface area contributed by atoms with E-state index in [0.29, 0.717) is 6.42 Å². The first-order chi connectivity index (χ1) is 5.54. The second kappa shape index (κ2) is 3.22. The van der Waals surface area contributed by atoms with Gasteiger partial charge in [0.25, 0.3) is 5.91 Å². The standard InChI is InChI=1S/C6H6BrNO4/c7-3-1-2-4(9)8(5(3)10)6(11)12/h3H,1-2H2,(H,11,12). The minimum Gasteiger partial charge on any atom is -0.464 e. The average Bonchev–Trinajstić information content (AvgIpc) is 1.97. The van der Waals surface area contributed by atoms with Crippen molar-refractivity contribution in [2.75, 3.05) is 0 Å². The molecule has 1 atom stereocenters. The summed E-state index contributed by atoms with van der Waals surface area (Å²) in [5, 5.41) is 8.46. The van der Waals surface area contributed by atoms with Crippen LogP contribution in [0.5, 0.6) is 0 Å². The maximum atomic E-state index is 11.1. The first kappa shape index (κ1) is 9.18. The number of piperidine rings is 1. The van der Waals surface area contributed by atoms with Crippen LogP contribution in [-0.2, 0) is 9.59 Å². The fourth-order valence-electron chi connectivity index (χ4n) is 0.949.